The lowest BCUT2D eigenvalue weighted by molar-refractivity contribution is -0.703. The predicted octanol–water partition coefficient (Wildman–Crippen LogP) is 7.84. The highest BCUT2D eigenvalue weighted by Crippen LogP contribution is 2.36. The minimum Gasteiger partial charge on any atom is -0.335 e. The zero-order chi connectivity index (χ0) is 23.3. The molecule has 34 heavy (non-hydrogen) atoms. The number of aryl methyl sites for hydroxylation is 3. The fraction of sp³-hybridized carbons (Fsp3) is 0.258. The SMILES string of the molecule is CCCCn1c2ccccc2c2cc[n+](CCCc3ccccc3)c(C(Cl)c3ccccc3)c21. The van der Waals surface area contributed by atoms with Crippen LogP contribution >= 0.6 is 11.6 Å². The van der Waals surface area contributed by atoms with E-state index in [9.17, 15) is 0 Å². The van der Waals surface area contributed by atoms with Crippen molar-refractivity contribution < 1.29 is 4.57 Å². The van der Waals surface area contributed by atoms with Crippen molar-refractivity contribution in [3.63, 3.8) is 0 Å². The molecule has 0 aliphatic carbocycles. The number of pyridine rings is 1. The van der Waals surface area contributed by atoms with E-state index in [2.05, 4.69) is 113 Å². The molecule has 0 N–H and O–H groups in total. The van der Waals surface area contributed by atoms with Gasteiger partial charge in [-0.15, -0.1) is 11.6 Å². The van der Waals surface area contributed by atoms with Crippen LogP contribution in [0.25, 0.3) is 21.8 Å². The van der Waals surface area contributed by atoms with Crippen LogP contribution in [0.3, 0.4) is 0 Å². The molecular weight excluding hydrogens is 436 g/mol. The van der Waals surface area contributed by atoms with Gasteiger partial charge < -0.3 is 4.57 Å². The number of nitrogens with zero attached hydrogens (tertiary/aromatic N) is 2. The summed E-state index contributed by atoms with van der Waals surface area (Å²) in [5.41, 5.74) is 6.30. The number of hydrogen-bond acceptors (Lipinski definition) is 0. The summed E-state index contributed by atoms with van der Waals surface area (Å²) in [5.74, 6) is 0. The van der Waals surface area contributed by atoms with E-state index in [1.54, 1.807) is 0 Å². The first-order valence-electron chi connectivity index (χ1n) is 12.4. The zero-order valence-corrected chi connectivity index (χ0v) is 20.6. The van der Waals surface area contributed by atoms with E-state index in [-0.39, 0.29) is 5.38 Å². The minimum absolute atomic E-state index is 0.216. The molecule has 0 spiro atoms. The van der Waals surface area contributed by atoms with Gasteiger partial charge in [-0.3, -0.25) is 0 Å². The topological polar surface area (TPSA) is 8.81 Å². The summed E-state index contributed by atoms with van der Waals surface area (Å²) in [6, 6.07) is 32.3. The summed E-state index contributed by atoms with van der Waals surface area (Å²) in [7, 11) is 0. The second kappa shape index (κ2) is 10.4. The lowest BCUT2D eigenvalue weighted by Gasteiger charge is -2.14. The summed E-state index contributed by atoms with van der Waals surface area (Å²) in [6.07, 6.45) is 6.69. The maximum atomic E-state index is 7.31. The molecule has 5 aromatic rings. The van der Waals surface area contributed by atoms with E-state index in [1.807, 2.05) is 0 Å². The standard InChI is InChI=1S/C31H32ClN2/c1-2-3-22-34-28-19-11-10-18-26(28)27-20-23-33(21-12-15-24-13-6-4-7-14-24)31(30(27)34)29(32)25-16-8-5-9-17-25/h4-11,13-14,16-20,23,29H,2-3,12,15,21-22H2,1H3/q+1. The van der Waals surface area contributed by atoms with Crippen LogP contribution in [0, 0.1) is 0 Å². The van der Waals surface area contributed by atoms with Crippen molar-refractivity contribution in [1.29, 1.82) is 0 Å². The smallest absolute Gasteiger partial charge is 0.228 e. The fourth-order valence-corrected chi connectivity index (χ4v) is 5.42. The summed E-state index contributed by atoms with van der Waals surface area (Å²) >= 11 is 7.31. The van der Waals surface area contributed by atoms with Crippen LogP contribution in [0.5, 0.6) is 0 Å². The average molecular weight is 468 g/mol. The number of para-hydroxylation sites is 1. The zero-order valence-electron chi connectivity index (χ0n) is 19.8. The Bertz CT molecular complexity index is 1370. The van der Waals surface area contributed by atoms with Gasteiger partial charge in [0.05, 0.1) is 0 Å². The van der Waals surface area contributed by atoms with Gasteiger partial charge in [-0.1, -0.05) is 92.2 Å². The second-order valence-corrected chi connectivity index (χ2v) is 9.48. The Labute approximate surface area is 207 Å². The van der Waals surface area contributed by atoms with Gasteiger partial charge in [-0.2, -0.15) is 4.57 Å². The number of hydrogen-bond donors (Lipinski definition) is 0. The molecule has 0 aliphatic rings. The van der Waals surface area contributed by atoms with Gasteiger partial charge in [0, 0.05) is 35.3 Å². The summed E-state index contributed by atoms with van der Waals surface area (Å²) < 4.78 is 4.91. The molecule has 2 aromatic heterocycles. The number of rotatable bonds is 9. The van der Waals surface area contributed by atoms with Crippen LogP contribution < -0.4 is 4.57 Å². The van der Waals surface area contributed by atoms with Crippen LogP contribution in [-0.4, -0.2) is 4.57 Å². The van der Waals surface area contributed by atoms with E-state index in [1.165, 1.54) is 33.1 Å². The van der Waals surface area contributed by atoms with Gasteiger partial charge >= 0.3 is 0 Å². The molecule has 172 valence electrons. The predicted molar refractivity (Wildman–Crippen MR) is 143 cm³/mol. The molecule has 0 bridgehead atoms. The van der Waals surface area contributed by atoms with Crippen molar-refractivity contribution in [3.05, 3.63) is 114 Å². The number of benzene rings is 3. The molecule has 3 heteroatoms. The molecule has 5 rings (SSSR count). The largest absolute Gasteiger partial charge is 0.335 e. The fourth-order valence-electron chi connectivity index (χ4n) is 5.04. The number of alkyl halides is 1. The van der Waals surface area contributed by atoms with Crippen molar-refractivity contribution in [2.45, 2.75) is 51.1 Å². The molecule has 0 aliphatic heterocycles. The molecule has 1 atom stereocenters. The van der Waals surface area contributed by atoms with E-state index in [0.29, 0.717) is 0 Å². The van der Waals surface area contributed by atoms with Gasteiger partial charge in [-0.25, -0.2) is 0 Å². The first-order chi connectivity index (χ1) is 16.8. The Morgan fingerprint density at radius 3 is 2.26 bits per heavy atom. The van der Waals surface area contributed by atoms with Crippen molar-refractivity contribution in [2.24, 2.45) is 0 Å². The molecule has 1 unspecified atom stereocenters. The number of halogens is 1. The maximum absolute atomic E-state index is 7.31. The molecule has 0 amide bonds. The van der Waals surface area contributed by atoms with Crippen LogP contribution in [0.4, 0.5) is 0 Å². The highest BCUT2D eigenvalue weighted by Gasteiger charge is 2.29. The molecule has 0 saturated carbocycles. The Morgan fingerprint density at radius 1 is 0.794 bits per heavy atom. The Morgan fingerprint density at radius 2 is 1.50 bits per heavy atom. The third kappa shape index (κ3) is 4.48. The first-order valence-corrected chi connectivity index (χ1v) is 12.9. The van der Waals surface area contributed by atoms with Crippen molar-refractivity contribution in [2.75, 3.05) is 0 Å². The molecule has 3 aromatic carbocycles. The summed E-state index contributed by atoms with van der Waals surface area (Å²) in [4.78, 5) is 0. The van der Waals surface area contributed by atoms with Crippen LogP contribution in [0.2, 0.25) is 0 Å². The van der Waals surface area contributed by atoms with E-state index < -0.39 is 0 Å². The number of unbranched alkanes of at least 4 members (excludes halogenated alkanes) is 1. The molecule has 0 saturated heterocycles. The van der Waals surface area contributed by atoms with Gasteiger partial charge in [0.2, 0.25) is 5.69 Å². The first kappa shape index (κ1) is 22.7. The Kier molecular flexibility index (Phi) is 6.97. The van der Waals surface area contributed by atoms with E-state index in [0.717, 1.165) is 44.3 Å². The summed E-state index contributed by atoms with van der Waals surface area (Å²) in [5, 5.41) is 2.39. The second-order valence-electron chi connectivity index (χ2n) is 9.04. The number of aromatic nitrogens is 2. The van der Waals surface area contributed by atoms with Crippen LogP contribution in [-0.2, 0) is 19.5 Å². The van der Waals surface area contributed by atoms with E-state index >= 15 is 0 Å². The third-order valence-corrected chi connectivity index (χ3v) is 7.22. The van der Waals surface area contributed by atoms with Crippen LogP contribution in [0.15, 0.2) is 97.2 Å². The number of fused-ring (bicyclic) bond motifs is 3. The van der Waals surface area contributed by atoms with Crippen LogP contribution in [0.1, 0.15) is 48.4 Å². The normalized spacial score (nSPS) is 12.4. The maximum Gasteiger partial charge on any atom is 0.228 e. The van der Waals surface area contributed by atoms with Gasteiger partial charge in [0.25, 0.3) is 0 Å². The molecule has 0 radical (unpaired) electrons. The summed E-state index contributed by atoms with van der Waals surface area (Å²) in [6.45, 7) is 4.19. The molecular formula is C31H32ClN2+. The molecule has 0 fully saturated rings. The minimum atomic E-state index is -0.216. The lowest BCUT2D eigenvalue weighted by Crippen LogP contribution is -2.39. The quantitative estimate of drug-likeness (QED) is 0.154. The average Bonchev–Trinajstić information content (AvgIpc) is 3.21. The van der Waals surface area contributed by atoms with Crippen molar-refractivity contribution >= 4 is 33.4 Å². The molecule has 2 heterocycles. The lowest BCUT2D eigenvalue weighted by atomic mass is 10.0. The van der Waals surface area contributed by atoms with Crippen molar-refractivity contribution in [1.82, 2.24) is 4.57 Å². The molecule has 2 nitrogen and oxygen atoms in total. The monoisotopic (exact) mass is 467 g/mol. The van der Waals surface area contributed by atoms with E-state index in [4.69, 9.17) is 11.6 Å². The van der Waals surface area contributed by atoms with Gasteiger partial charge in [0.15, 0.2) is 6.20 Å². The highest BCUT2D eigenvalue weighted by atomic mass is 35.5. The van der Waals surface area contributed by atoms with Gasteiger partial charge in [0.1, 0.15) is 17.4 Å². The Hall–Kier alpha value is -3.10. The Balaban J connectivity index is 1.65. The third-order valence-electron chi connectivity index (χ3n) is 6.76. The van der Waals surface area contributed by atoms with Gasteiger partial charge in [-0.05, 0) is 30.0 Å². The van der Waals surface area contributed by atoms with Crippen molar-refractivity contribution in [3.8, 4) is 0 Å². The highest BCUT2D eigenvalue weighted by molar-refractivity contribution is 6.23.